The Labute approximate surface area is 124 Å². The molecule has 2 N–H and O–H groups in total. The summed E-state index contributed by atoms with van der Waals surface area (Å²) in [6.07, 6.45) is 2.50. The van der Waals surface area contributed by atoms with Crippen LogP contribution in [0.5, 0.6) is 11.5 Å². The predicted octanol–water partition coefficient (Wildman–Crippen LogP) is 3.38. The molecule has 2 heterocycles. The second kappa shape index (κ2) is 4.78. The third kappa shape index (κ3) is 2.00. The van der Waals surface area contributed by atoms with Gasteiger partial charge in [0.05, 0.1) is 0 Å². The molecule has 3 heteroatoms. The molecule has 0 saturated carbocycles. The van der Waals surface area contributed by atoms with Gasteiger partial charge in [-0.1, -0.05) is 30.3 Å². The minimum atomic E-state index is -0.0538. The highest BCUT2D eigenvalue weighted by molar-refractivity contribution is 5.47. The second-order valence-electron chi connectivity index (χ2n) is 6.08. The van der Waals surface area contributed by atoms with Crippen molar-refractivity contribution in [3.05, 3.63) is 59.2 Å². The zero-order valence-electron chi connectivity index (χ0n) is 11.9. The van der Waals surface area contributed by atoms with E-state index in [9.17, 15) is 10.2 Å². The Balaban J connectivity index is 1.82. The maximum absolute atomic E-state index is 9.80. The first kappa shape index (κ1) is 12.7. The van der Waals surface area contributed by atoms with Gasteiger partial charge in [0.1, 0.15) is 0 Å². The highest BCUT2D eigenvalue weighted by atomic mass is 16.3. The smallest absolute Gasteiger partial charge is 0.157 e. The van der Waals surface area contributed by atoms with Gasteiger partial charge in [0.15, 0.2) is 11.5 Å². The van der Waals surface area contributed by atoms with Crippen LogP contribution in [0.3, 0.4) is 0 Å². The van der Waals surface area contributed by atoms with Gasteiger partial charge < -0.3 is 10.2 Å². The summed E-state index contributed by atoms with van der Waals surface area (Å²) in [6.45, 7) is 2.14. The number of nitrogens with zero attached hydrogens (tertiary/aromatic N) is 1. The molecule has 0 spiro atoms. The number of fused-ring (bicyclic) bond motifs is 3. The van der Waals surface area contributed by atoms with Crippen LogP contribution >= 0.6 is 0 Å². The number of hydrogen-bond acceptors (Lipinski definition) is 3. The molecule has 0 unspecified atom stereocenters. The molecule has 2 aromatic rings. The average Bonchev–Trinajstić information content (AvgIpc) is 2.98. The first-order valence-electron chi connectivity index (χ1n) is 7.59. The van der Waals surface area contributed by atoms with Crippen molar-refractivity contribution < 1.29 is 10.2 Å². The summed E-state index contributed by atoms with van der Waals surface area (Å²) in [5, 5.41) is 19.3. The van der Waals surface area contributed by atoms with Gasteiger partial charge in [-0.2, -0.15) is 0 Å². The van der Waals surface area contributed by atoms with E-state index in [4.69, 9.17) is 0 Å². The molecule has 0 bridgehead atoms. The fraction of sp³-hybridized carbons (Fsp3) is 0.333. The monoisotopic (exact) mass is 281 g/mol. The third-order valence-electron chi connectivity index (χ3n) is 4.91. The van der Waals surface area contributed by atoms with E-state index >= 15 is 0 Å². The lowest BCUT2D eigenvalue weighted by molar-refractivity contribution is 0.230. The molecule has 2 aliphatic heterocycles. The molecule has 0 amide bonds. The van der Waals surface area contributed by atoms with Gasteiger partial charge in [-0.15, -0.1) is 0 Å². The van der Waals surface area contributed by atoms with Crippen LogP contribution in [-0.2, 0) is 0 Å². The van der Waals surface area contributed by atoms with E-state index in [1.165, 1.54) is 24.0 Å². The summed E-state index contributed by atoms with van der Waals surface area (Å²) in [5.74, 6) is 0.178. The van der Waals surface area contributed by atoms with E-state index in [0.29, 0.717) is 6.04 Å². The normalized spacial score (nSPS) is 24.6. The average molecular weight is 281 g/mol. The van der Waals surface area contributed by atoms with Crippen molar-refractivity contribution in [2.24, 2.45) is 0 Å². The molecule has 3 nitrogen and oxygen atoms in total. The van der Waals surface area contributed by atoms with Gasteiger partial charge in [-0.3, -0.25) is 4.90 Å². The van der Waals surface area contributed by atoms with Gasteiger partial charge in [0.25, 0.3) is 0 Å². The zero-order chi connectivity index (χ0) is 14.4. The summed E-state index contributed by atoms with van der Waals surface area (Å²) >= 11 is 0. The minimum Gasteiger partial charge on any atom is -0.504 e. The Morgan fingerprint density at radius 1 is 0.952 bits per heavy atom. The molecule has 2 aromatic carbocycles. The van der Waals surface area contributed by atoms with Crippen LogP contribution < -0.4 is 0 Å². The standard InChI is InChI=1S/C18H19NO2/c20-17-8-7-12(10-18(17)21)15-11-19-9-3-6-16(19)14-5-2-1-4-13(14)15/h1-2,4-5,7-8,10,15-16,20-21H,3,6,9,11H2/t15-,16+/m0/s1. The Hall–Kier alpha value is -2.00. The van der Waals surface area contributed by atoms with Crippen LogP contribution in [0.4, 0.5) is 0 Å². The van der Waals surface area contributed by atoms with E-state index in [1.54, 1.807) is 12.1 Å². The highest BCUT2D eigenvalue weighted by Gasteiger charge is 2.36. The largest absolute Gasteiger partial charge is 0.504 e. The third-order valence-corrected chi connectivity index (χ3v) is 4.91. The van der Waals surface area contributed by atoms with Gasteiger partial charge in [-0.25, -0.2) is 0 Å². The minimum absolute atomic E-state index is 0.0338. The van der Waals surface area contributed by atoms with Gasteiger partial charge in [-0.05, 0) is 48.2 Å². The first-order chi connectivity index (χ1) is 10.2. The van der Waals surface area contributed by atoms with E-state index in [-0.39, 0.29) is 17.4 Å². The maximum Gasteiger partial charge on any atom is 0.157 e. The van der Waals surface area contributed by atoms with E-state index < -0.39 is 0 Å². The lowest BCUT2D eigenvalue weighted by Gasteiger charge is -2.37. The van der Waals surface area contributed by atoms with Crippen LogP contribution in [-0.4, -0.2) is 28.2 Å². The van der Waals surface area contributed by atoms with Crippen molar-refractivity contribution in [3.8, 4) is 11.5 Å². The Morgan fingerprint density at radius 3 is 2.57 bits per heavy atom. The molecule has 108 valence electrons. The highest BCUT2D eigenvalue weighted by Crippen LogP contribution is 2.44. The van der Waals surface area contributed by atoms with E-state index in [2.05, 4.69) is 29.2 Å². The van der Waals surface area contributed by atoms with Crippen LogP contribution in [0.15, 0.2) is 42.5 Å². The summed E-state index contributed by atoms with van der Waals surface area (Å²) in [5.41, 5.74) is 3.87. The van der Waals surface area contributed by atoms with Gasteiger partial charge >= 0.3 is 0 Å². The summed E-state index contributed by atoms with van der Waals surface area (Å²) < 4.78 is 0. The summed E-state index contributed by atoms with van der Waals surface area (Å²) in [7, 11) is 0. The van der Waals surface area contributed by atoms with Crippen molar-refractivity contribution in [1.29, 1.82) is 0 Å². The molecule has 4 rings (SSSR count). The Bertz CT molecular complexity index is 683. The van der Waals surface area contributed by atoms with Gasteiger partial charge in [0.2, 0.25) is 0 Å². The topological polar surface area (TPSA) is 43.7 Å². The lowest BCUT2D eigenvalue weighted by atomic mass is 9.81. The number of hydrogen-bond donors (Lipinski definition) is 2. The van der Waals surface area contributed by atoms with E-state index in [0.717, 1.165) is 18.7 Å². The van der Waals surface area contributed by atoms with Crippen LogP contribution in [0.25, 0.3) is 0 Å². The van der Waals surface area contributed by atoms with Crippen molar-refractivity contribution in [2.75, 3.05) is 13.1 Å². The zero-order valence-corrected chi connectivity index (χ0v) is 11.9. The quantitative estimate of drug-likeness (QED) is 0.788. The molecule has 2 aliphatic rings. The van der Waals surface area contributed by atoms with Crippen LogP contribution in [0, 0.1) is 0 Å². The first-order valence-corrected chi connectivity index (χ1v) is 7.59. The van der Waals surface area contributed by atoms with Gasteiger partial charge in [0, 0.05) is 18.5 Å². The molecule has 2 atom stereocenters. The molecular weight excluding hydrogens is 262 g/mol. The van der Waals surface area contributed by atoms with Crippen molar-refractivity contribution >= 4 is 0 Å². The van der Waals surface area contributed by atoms with Crippen molar-refractivity contribution in [2.45, 2.75) is 24.8 Å². The van der Waals surface area contributed by atoms with Crippen LogP contribution in [0.1, 0.15) is 41.5 Å². The summed E-state index contributed by atoms with van der Waals surface area (Å²) in [6, 6.07) is 14.4. The predicted molar refractivity (Wildman–Crippen MR) is 81.6 cm³/mol. The SMILES string of the molecule is Oc1ccc([C@@H]2CN3CCC[C@@H]3c3ccccc32)cc1O. The Kier molecular flexibility index (Phi) is 2.89. The van der Waals surface area contributed by atoms with E-state index in [1.807, 2.05) is 6.07 Å². The molecule has 0 radical (unpaired) electrons. The van der Waals surface area contributed by atoms with Crippen molar-refractivity contribution in [3.63, 3.8) is 0 Å². The number of aromatic hydroxyl groups is 2. The summed E-state index contributed by atoms with van der Waals surface area (Å²) in [4.78, 5) is 2.55. The second-order valence-corrected chi connectivity index (χ2v) is 6.08. The lowest BCUT2D eigenvalue weighted by Crippen LogP contribution is -2.34. The number of benzene rings is 2. The number of phenolic OH excluding ortho intramolecular Hbond substituents is 2. The Morgan fingerprint density at radius 2 is 1.76 bits per heavy atom. The fourth-order valence-electron chi connectivity index (χ4n) is 3.90. The molecule has 1 fully saturated rings. The number of rotatable bonds is 1. The molecule has 0 aromatic heterocycles. The van der Waals surface area contributed by atoms with Crippen LogP contribution in [0.2, 0.25) is 0 Å². The van der Waals surface area contributed by atoms with Crippen molar-refractivity contribution in [1.82, 2.24) is 4.90 Å². The molecule has 1 saturated heterocycles. The molecule has 0 aliphatic carbocycles. The maximum atomic E-state index is 9.80. The molecular formula is C18H19NO2. The number of phenols is 2. The fourth-order valence-corrected chi connectivity index (χ4v) is 3.90. The molecule has 21 heavy (non-hydrogen) atoms.